The minimum atomic E-state index is -0.0506. The number of rotatable bonds is 2. The zero-order valence-corrected chi connectivity index (χ0v) is 6.84. The number of hydrazine groups is 1. The smallest absolute Gasteiger partial charge is 0.234 e. The van der Waals surface area contributed by atoms with Crippen LogP contribution in [0.1, 0.15) is 12.8 Å². The molecule has 0 aliphatic carbocycles. The summed E-state index contributed by atoms with van der Waals surface area (Å²) < 4.78 is 0. The Morgan fingerprint density at radius 1 is 1.82 bits per heavy atom. The molecule has 0 radical (unpaired) electrons. The van der Waals surface area contributed by atoms with E-state index in [9.17, 15) is 4.79 Å². The van der Waals surface area contributed by atoms with Crippen LogP contribution >= 0.6 is 0 Å². The first kappa shape index (κ1) is 8.49. The molecule has 11 heavy (non-hydrogen) atoms. The van der Waals surface area contributed by atoms with Crippen molar-refractivity contribution in [2.24, 2.45) is 11.8 Å². The van der Waals surface area contributed by atoms with Crippen molar-refractivity contribution in [3.63, 3.8) is 0 Å². The zero-order chi connectivity index (χ0) is 8.27. The molecule has 1 fully saturated rings. The topological polar surface area (TPSA) is 58.4 Å². The van der Waals surface area contributed by atoms with Gasteiger partial charge in [-0.15, -0.1) is 0 Å². The van der Waals surface area contributed by atoms with Gasteiger partial charge in [0, 0.05) is 13.0 Å². The Morgan fingerprint density at radius 2 is 2.55 bits per heavy atom. The van der Waals surface area contributed by atoms with Crippen LogP contribution in [0.15, 0.2) is 0 Å². The van der Waals surface area contributed by atoms with Gasteiger partial charge in [0.2, 0.25) is 5.91 Å². The van der Waals surface area contributed by atoms with Crippen molar-refractivity contribution in [3.05, 3.63) is 0 Å². The summed E-state index contributed by atoms with van der Waals surface area (Å²) >= 11 is 0. The molecular weight excluding hydrogens is 142 g/mol. The van der Waals surface area contributed by atoms with Crippen molar-refractivity contribution < 1.29 is 4.79 Å². The van der Waals surface area contributed by atoms with Crippen LogP contribution < -0.4 is 11.3 Å². The Morgan fingerprint density at radius 3 is 3.00 bits per heavy atom. The Bertz CT molecular complexity index is 149. The van der Waals surface area contributed by atoms with E-state index < -0.39 is 0 Å². The van der Waals surface area contributed by atoms with E-state index in [2.05, 4.69) is 17.4 Å². The van der Waals surface area contributed by atoms with Crippen LogP contribution in [-0.4, -0.2) is 30.9 Å². The predicted octanol–water partition coefficient (Wildman–Crippen LogP) is -0.682. The molecule has 1 heterocycles. The van der Waals surface area contributed by atoms with E-state index in [0.717, 1.165) is 19.5 Å². The number of carbonyl (C=O) groups excluding carboxylic acids is 1. The van der Waals surface area contributed by atoms with Crippen LogP contribution in [0, 0.1) is 5.92 Å². The van der Waals surface area contributed by atoms with Crippen molar-refractivity contribution in [2.45, 2.75) is 12.8 Å². The Hall–Kier alpha value is -0.610. The number of nitrogens with zero attached hydrogens (tertiary/aromatic N) is 1. The van der Waals surface area contributed by atoms with E-state index in [1.807, 2.05) is 0 Å². The number of amides is 1. The maximum Gasteiger partial charge on any atom is 0.234 e. The highest BCUT2D eigenvalue weighted by Crippen LogP contribution is 2.17. The van der Waals surface area contributed by atoms with E-state index in [0.29, 0.717) is 12.3 Å². The van der Waals surface area contributed by atoms with Gasteiger partial charge in [-0.25, -0.2) is 5.84 Å². The van der Waals surface area contributed by atoms with Gasteiger partial charge in [-0.3, -0.25) is 10.2 Å². The molecule has 4 nitrogen and oxygen atoms in total. The van der Waals surface area contributed by atoms with E-state index in [1.165, 1.54) is 0 Å². The second-order valence-corrected chi connectivity index (χ2v) is 3.19. The standard InChI is InChI=1S/C7H15N3O/c1-10-3-2-6(5-10)4-7(11)9-8/h6H,2-5,8H2,1H3,(H,9,11). The summed E-state index contributed by atoms with van der Waals surface area (Å²) in [7, 11) is 2.07. The molecule has 3 N–H and O–H groups in total. The second kappa shape index (κ2) is 3.69. The second-order valence-electron chi connectivity index (χ2n) is 3.19. The molecular formula is C7H15N3O. The highest BCUT2D eigenvalue weighted by atomic mass is 16.2. The number of nitrogens with one attached hydrogen (secondary N) is 1. The first-order valence-electron chi connectivity index (χ1n) is 3.90. The Labute approximate surface area is 66.7 Å². The normalized spacial score (nSPS) is 25.5. The van der Waals surface area contributed by atoms with Crippen molar-refractivity contribution in [2.75, 3.05) is 20.1 Å². The fourth-order valence-electron chi connectivity index (χ4n) is 1.51. The minimum absolute atomic E-state index is 0.0506. The molecule has 0 aromatic heterocycles. The summed E-state index contributed by atoms with van der Waals surface area (Å²) in [6, 6.07) is 0. The lowest BCUT2D eigenvalue weighted by molar-refractivity contribution is -0.122. The van der Waals surface area contributed by atoms with Gasteiger partial charge in [-0.1, -0.05) is 0 Å². The fraction of sp³-hybridized carbons (Fsp3) is 0.857. The van der Waals surface area contributed by atoms with Crippen LogP contribution in [0.2, 0.25) is 0 Å². The number of hydrogen-bond acceptors (Lipinski definition) is 3. The summed E-state index contributed by atoms with van der Waals surface area (Å²) in [5.41, 5.74) is 2.15. The van der Waals surface area contributed by atoms with Gasteiger partial charge in [-0.05, 0) is 25.9 Å². The van der Waals surface area contributed by atoms with E-state index >= 15 is 0 Å². The molecule has 1 unspecified atom stereocenters. The summed E-state index contributed by atoms with van der Waals surface area (Å²) in [5.74, 6) is 5.42. The van der Waals surface area contributed by atoms with E-state index in [4.69, 9.17) is 5.84 Å². The molecule has 1 aliphatic heterocycles. The van der Waals surface area contributed by atoms with Crippen LogP contribution in [-0.2, 0) is 4.79 Å². The van der Waals surface area contributed by atoms with Gasteiger partial charge < -0.3 is 4.90 Å². The Kier molecular flexibility index (Phi) is 2.84. The fourth-order valence-corrected chi connectivity index (χ4v) is 1.51. The molecule has 1 rings (SSSR count). The molecule has 1 atom stereocenters. The van der Waals surface area contributed by atoms with Crippen molar-refractivity contribution >= 4 is 5.91 Å². The molecule has 4 heteroatoms. The van der Waals surface area contributed by atoms with Crippen molar-refractivity contribution in [1.82, 2.24) is 10.3 Å². The number of nitrogens with two attached hydrogens (primary N) is 1. The average Bonchev–Trinajstić information content (AvgIpc) is 2.35. The van der Waals surface area contributed by atoms with Gasteiger partial charge >= 0.3 is 0 Å². The first-order valence-corrected chi connectivity index (χ1v) is 3.90. The van der Waals surface area contributed by atoms with E-state index in [1.54, 1.807) is 0 Å². The molecule has 1 aliphatic rings. The quantitative estimate of drug-likeness (QED) is 0.317. The van der Waals surface area contributed by atoms with Gasteiger partial charge in [0.25, 0.3) is 0 Å². The summed E-state index contributed by atoms with van der Waals surface area (Å²) in [5, 5.41) is 0. The molecule has 0 saturated carbocycles. The summed E-state index contributed by atoms with van der Waals surface area (Å²) in [6.07, 6.45) is 1.69. The first-order chi connectivity index (χ1) is 5.22. The largest absolute Gasteiger partial charge is 0.306 e. The van der Waals surface area contributed by atoms with Crippen LogP contribution in [0.5, 0.6) is 0 Å². The highest BCUT2D eigenvalue weighted by Gasteiger charge is 2.21. The van der Waals surface area contributed by atoms with Crippen molar-refractivity contribution in [1.29, 1.82) is 0 Å². The minimum Gasteiger partial charge on any atom is -0.306 e. The predicted molar refractivity (Wildman–Crippen MR) is 42.6 cm³/mol. The number of carbonyl (C=O) groups is 1. The lowest BCUT2D eigenvalue weighted by Gasteiger charge is -2.08. The van der Waals surface area contributed by atoms with Gasteiger partial charge in [-0.2, -0.15) is 0 Å². The molecule has 0 spiro atoms. The zero-order valence-electron chi connectivity index (χ0n) is 6.84. The van der Waals surface area contributed by atoms with Crippen LogP contribution in [0.25, 0.3) is 0 Å². The third-order valence-corrected chi connectivity index (χ3v) is 2.12. The SMILES string of the molecule is CN1CCC(CC(=O)NN)C1. The van der Waals surface area contributed by atoms with Gasteiger partial charge in [0.1, 0.15) is 0 Å². The van der Waals surface area contributed by atoms with Crippen LogP contribution in [0.4, 0.5) is 0 Å². The van der Waals surface area contributed by atoms with Gasteiger partial charge in [0.15, 0.2) is 0 Å². The average molecular weight is 157 g/mol. The lowest BCUT2D eigenvalue weighted by Crippen LogP contribution is -2.32. The number of hydrogen-bond donors (Lipinski definition) is 2. The molecule has 1 saturated heterocycles. The molecule has 1 amide bonds. The van der Waals surface area contributed by atoms with Gasteiger partial charge in [0.05, 0.1) is 0 Å². The van der Waals surface area contributed by atoms with Crippen LogP contribution in [0.3, 0.4) is 0 Å². The highest BCUT2D eigenvalue weighted by molar-refractivity contribution is 5.75. The molecule has 0 aromatic rings. The summed E-state index contributed by atoms with van der Waals surface area (Å²) in [6.45, 7) is 2.12. The Balaban J connectivity index is 2.23. The maximum atomic E-state index is 10.8. The number of likely N-dealkylation sites (tertiary alicyclic amines) is 1. The third kappa shape index (κ3) is 2.48. The molecule has 0 bridgehead atoms. The molecule has 0 aromatic carbocycles. The molecule has 64 valence electrons. The van der Waals surface area contributed by atoms with E-state index in [-0.39, 0.29) is 5.91 Å². The summed E-state index contributed by atoms with van der Waals surface area (Å²) in [4.78, 5) is 13.1. The monoisotopic (exact) mass is 157 g/mol. The lowest BCUT2D eigenvalue weighted by atomic mass is 10.1. The third-order valence-electron chi connectivity index (χ3n) is 2.12. The van der Waals surface area contributed by atoms with Crippen molar-refractivity contribution in [3.8, 4) is 0 Å². The maximum absolute atomic E-state index is 10.8.